The van der Waals surface area contributed by atoms with E-state index in [9.17, 15) is 19.7 Å². The zero-order valence-electron chi connectivity index (χ0n) is 14.1. The molecule has 1 amide bonds. The molecule has 0 bridgehead atoms. The molecular formula is C18H16N4O5. The first-order valence-corrected chi connectivity index (χ1v) is 7.91. The third-order valence-corrected chi connectivity index (χ3v) is 3.59. The van der Waals surface area contributed by atoms with Crippen LogP contribution in [-0.4, -0.2) is 33.8 Å². The Labute approximate surface area is 154 Å². The summed E-state index contributed by atoms with van der Waals surface area (Å²) in [4.78, 5) is 37.0. The summed E-state index contributed by atoms with van der Waals surface area (Å²) in [6.45, 7) is 0.0124. The molecule has 0 aliphatic rings. The Morgan fingerprint density at radius 2 is 1.89 bits per heavy atom. The van der Waals surface area contributed by atoms with Crippen molar-refractivity contribution in [3.05, 3.63) is 81.4 Å². The smallest absolute Gasteiger partial charge is 0.408 e. The minimum absolute atomic E-state index is 0.0124. The summed E-state index contributed by atoms with van der Waals surface area (Å²) < 4.78 is 5.07. The van der Waals surface area contributed by atoms with Crippen LogP contribution in [0.25, 0.3) is 5.53 Å². The lowest BCUT2D eigenvalue weighted by molar-refractivity contribution is -0.384. The minimum Gasteiger partial charge on any atom is -0.445 e. The first-order valence-electron chi connectivity index (χ1n) is 7.91. The molecule has 0 spiro atoms. The van der Waals surface area contributed by atoms with Gasteiger partial charge in [-0.2, -0.15) is 4.79 Å². The first kappa shape index (κ1) is 19.5. The molecule has 2 aromatic carbocycles. The number of alkyl carbamates (subject to hydrolysis) is 1. The lowest BCUT2D eigenvalue weighted by Gasteiger charge is -2.15. The fourth-order valence-electron chi connectivity index (χ4n) is 2.31. The lowest BCUT2D eigenvalue weighted by Crippen LogP contribution is -2.43. The van der Waals surface area contributed by atoms with Crippen molar-refractivity contribution in [1.29, 1.82) is 0 Å². The van der Waals surface area contributed by atoms with Crippen molar-refractivity contribution in [2.45, 2.75) is 19.1 Å². The summed E-state index contributed by atoms with van der Waals surface area (Å²) in [5.41, 5.74) is 9.66. The number of carbonyl (C=O) groups is 2. The van der Waals surface area contributed by atoms with Crippen molar-refractivity contribution < 1.29 is 24.0 Å². The van der Waals surface area contributed by atoms with Crippen LogP contribution in [0.2, 0.25) is 0 Å². The van der Waals surface area contributed by atoms with Crippen LogP contribution in [-0.2, 0) is 22.6 Å². The molecule has 0 aliphatic heterocycles. The number of hydrogen-bond donors (Lipinski definition) is 1. The number of hydrogen-bond acceptors (Lipinski definition) is 5. The number of nitro groups is 1. The number of benzene rings is 2. The van der Waals surface area contributed by atoms with Gasteiger partial charge in [-0.3, -0.25) is 14.9 Å². The van der Waals surface area contributed by atoms with E-state index in [1.807, 2.05) is 6.07 Å². The number of carbonyl (C=O) groups excluding carboxylic acids is 2. The quantitative estimate of drug-likeness (QED) is 0.251. The van der Waals surface area contributed by atoms with Crippen LogP contribution in [0.4, 0.5) is 10.5 Å². The first-order chi connectivity index (χ1) is 13.0. The van der Waals surface area contributed by atoms with Crippen LogP contribution < -0.4 is 5.32 Å². The SMILES string of the molecule is [N-]=[N+]=CC(=O)C(Cc1cccc([N+](=O)[O-])c1)NC(=O)OCc1ccccc1. The molecule has 2 aromatic rings. The summed E-state index contributed by atoms with van der Waals surface area (Å²) in [5, 5.41) is 13.3. The number of ketones is 1. The van der Waals surface area contributed by atoms with Crippen molar-refractivity contribution in [2.75, 3.05) is 0 Å². The molecule has 27 heavy (non-hydrogen) atoms. The normalized spacial score (nSPS) is 11.0. The lowest BCUT2D eigenvalue weighted by atomic mass is 10.0. The Balaban J connectivity index is 2.06. The van der Waals surface area contributed by atoms with Crippen LogP contribution in [0.15, 0.2) is 54.6 Å². The zero-order chi connectivity index (χ0) is 19.6. The number of nitrogens with one attached hydrogen (secondary N) is 1. The van der Waals surface area contributed by atoms with Gasteiger partial charge in [0.2, 0.25) is 0 Å². The molecule has 0 saturated carbocycles. The minimum atomic E-state index is -1.11. The summed E-state index contributed by atoms with van der Waals surface area (Å²) in [7, 11) is 0. The number of ether oxygens (including phenoxy) is 1. The number of nitrogens with zero attached hydrogens (tertiary/aromatic N) is 3. The van der Waals surface area contributed by atoms with Gasteiger partial charge in [0.25, 0.3) is 11.5 Å². The van der Waals surface area contributed by atoms with E-state index in [4.69, 9.17) is 10.3 Å². The predicted molar refractivity (Wildman–Crippen MR) is 95.0 cm³/mol. The molecule has 0 heterocycles. The molecule has 0 fully saturated rings. The van der Waals surface area contributed by atoms with Crippen molar-refractivity contribution in [1.82, 2.24) is 5.32 Å². The Bertz CT molecular complexity index is 878. The molecule has 0 saturated heterocycles. The van der Waals surface area contributed by atoms with Crippen LogP contribution in [0.1, 0.15) is 11.1 Å². The second-order valence-corrected chi connectivity index (χ2v) is 5.54. The average molecular weight is 368 g/mol. The topological polar surface area (TPSA) is 135 Å². The maximum atomic E-state index is 12.1. The van der Waals surface area contributed by atoms with Gasteiger partial charge in [0.1, 0.15) is 12.6 Å². The summed E-state index contributed by atoms with van der Waals surface area (Å²) in [5.74, 6) is -0.680. The largest absolute Gasteiger partial charge is 0.445 e. The Hall–Kier alpha value is -3.84. The van der Waals surface area contributed by atoms with Gasteiger partial charge < -0.3 is 15.6 Å². The number of amides is 1. The van der Waals surface area contributed by atoms with E-state index in [1.54, 1.807) is 30.3 Å². The van der Waals surface area contributed by atoms with E-state index >= 15 is 0 Å². The van der Waals surface area contributed by atoms with Crippen molar-refractivity contribution >= 4 is 23.8 Å². The van der Waals surface area contributed by atoms with E-state index in [2.05, 4.69) is 10.1 Å². The number of rotatable bonds is 8. The van der Waals surface area contributed by atoms with Gasteiger partial charge >= 0.3 is 12.3 Å². The van der Waals surface area contributed by atoms with Gasteiger partial charge in [-0.05, 0) is 11.1 Å². The molecule has 2 rings (SSSR count). The fourth-order valence-corrected chi connectivity index (χ4v) is 2.31. The third kappa shape index (κ3) is 6.18. The molecule has 0 radical (unpaired) electrons. The number of Topliss-reactive ketones (excluding diaryl/α,β-unsaturated/α-hetero) is 1. The van der Waals surface area contributed by atoms with Gasteiger partial charge in [-0.1, -0.05) is 42.5 Å². The second kappa shape index (κ2) is 9.59. The summed E-state index contributed by atoms with van der Waals surface area (Å²) in [6, 6.07) is 13.5. The number of non-ortho nitro benzene ring substituents is 1. The van der Waals surface area contributed by atoms with Crippen molar-refractivity contribution in [3.8, 4) is 0 Å². The highest BCUT2D eigenvalue weighted by atomic mass is 16.6. The molecule has 138 valence electrons. The maximum Gasteiger partial charge on any atom is 0.408 e. The van der Waals surface area contributed by atoms with Gasteiger partial charge in [0.15, 0.2) is 0 Å². The molecule has 1 N–H and O–H groups in total. The van der Waals surface area contributed by atoms with E-state index < -0.39 is 22.8 Å². The monoisotopic (exact) mass is 368 g/mol. The van der Waals surface area contributed by atoms with E-state index in [-0.39, 0.29) is 18.7 Å². The Morgan fingerprint density at radius 1 is 1.19 bits per heavy atom. The third-order valence-electron chi connectivity index (χ3n) is 3.59. The molecule has 0 aliphatic carbocycles. The molecule has 1 unspecified atom stereocenters. The molecule has 0 aromatic heterocycles. The molecule has 9 nitrogen and oxygen atoms in total. The zero-order valence-corrected chi connectivity index (χ0v) is 14.1. The standard InChI is InChI=1S/C18H16N4O5/c19-20-11-17(23)16(10-14-7-4-8-15(9-14)22(25)26)21-18(24)27-12-13-5-2-1-3-6-13/h1-9,11,16H,10,12H2,(H,21,24). The van der Waals surface area contributed by atoms with Crippen LogP contribution in [0.5, 0.6) is 0 Å². The molecular weight excluding hydrogens is 352 g/mol. The van der Waals surface area contributed by atoms with Gasteiger partial charge in [0.05, 0.1) is 4.92 Å². The second-order valence-electron chi connectivity index (χ2n) is 5.54. The van der Waals surface area contributed by atoms with E-state index in [1.165, 1.54) is 18.2 Å². The highest BCUT2D eigenvalue weighted by Gasteiger charge is 2.24. The molecule has 9 heteroatoms. The summed E-state index contributed by atoms with van der Waals surface area (Å²) >= 11 is 0. The van der Waals surface area contributed by atoms with E-state index in [0.717, 1.165) is 5.56 Å². The van der Waals surface area contributed by atoms with Crippen LogP contribution >= 0.6 is 0 Å². The highest BCUT2D eigenvalue weighted by molar-refractivity contribution is 6.28. The van der Waals surface area contributed by atoms with Gasteiger partial charge in [-0.25, -0.2) is 4.79 Å². The highest BCUT2D eigenvalue weighted by Crippen LogP contribution is 2.15. The predicted octanol–water partition coefficient (Wildman–Crippen LogP) is 2.30. The van der Waals surface area contributed by atoms with Crippen molar-refractivity contribution in [2.24, 2.45) is 0 Å². The van der Waals surface area contributed by atoms with E-state index in [0.29, 0.717) is 11.8 Å². The molecule has 1 atom stereocenters. The van der Waals surface area contributed by atoms with Gasteiger partial charge in [0, 0.05) is 18.6 Å². The average Bonchev–Trinajstić information content (AvgIpc) is 2.67. The van der Waals surface area contributed by atoms with Crippen molar-refractivity contribution in [3.63, 3.8) is 0 Å². The Morgan fingerprint density at radius 3 is 2.56 bits per heavy atom. The maximum absolute atomic E-state index is 12.1. The van der Waals surface area contributed by atoms with Crippen LogP contribution in [0, 0.1) is 10.1 Å². The Kier molecular flexibility index (Phi) is 6.92. The van der Waals surface area contributed by atoms with Gasteiger partial charge in [-0.15, -0.1) is 0 Å². The summed E-state index contributed by atoms with van der Waals surface area (Å²) in [6.07, 6.45) is -0.221. The fraction of sp³-hybridized carbons (Fsp3) is 0.167. The number of nitro benzene ring substituents is 1. The van der Waals surface area contributed by atoms with Crippen LogP contribution in [0.3, 0.4) is 0 Å².